The van der Waals surface area contributed by atoms with Crippen molar-refractivity contribution in [3.63, 3.8) is 0 Å². The van der Waals surface area contributed by atoms with E-state index in [-0.39, 0.29) is 5.54 Å². The van der Waals surface area contributed by atoms with Gasteiger partial charge in [-0.1, -0.05) is 24.6 Å². The fourth-order valence-electron chi connectivity index (χ4n) is 2.04. The van der Waals surface area contributed by atoms with Crippen LogP contribution in [0.15, 0.2) is 30.6 Å². The van der Waals surface area contributed by atoms with Crippen LogP contribution in [0.1, 0.15) is 39.1 Å². The molecule has 20 heavy (non-hydrogen) atoms. The molecule has 1 heterocycles. The Bertz CT molecular complexity index is 582. The van der Waals surface area contributed by atoms with Gasteiger partial charge in [-0.3, -0.25) is 0 Å². The molecule has 0 saturated heterocycles. The second kappa shape index (κ2) is 5.98. The molecular weight excluding hydrogens is 270 g/mol. The monoisotopic (exact) mass is 291 g/mol. The summed E-state index contributed by atoms with van der Waals surface area (Å²) in [5.41, 5.74) is 2.28. The minimum Gasteiger partial charge on any atom is -0.308 e. The van der Waals surface area contributed by atoms with Crippen LogP contribution in [0.3, 0.4) is 0 Å². The number of nitrogens with zero attached hydrogens (tertiary/aromatic N) is 2. The molecule has 0 bridgehead atoms. The number of aromatic nitrogens is 2. The van der Waals surface area contributed by atoms with Gasteiger partial charge in [-0.05, 0) is 38.5 Å². The lowest BCUT2D eigenvalue weighted by molar-refractivity contribution is 0.424. The Labute approximate surface area is 126 Å². The van der Waals surface area contributed by atoms with E-state index < -0.39 is 0 Å². The minimum atomic E-state index is 0.102. The number of hydrogen-bond acceptors (Lipinski definition) is 2. The van der Waals surface area contributed by atoms with Gasteiger partial charge in [-0.15, -0.1) is 0 Å². The second-order valence-corrected chi connectivity index (χ2v) is 6.36. The van der Waals surface area contributed by atoms with Gasteiger partial charge in [-0.2, -0.15) is 0 Å². The Morgan fingerprint density at radius 1 is 1.30 bits per heavy atom. The van der Waals surface area contributed by atoms with Gasteiger partial charge >= 0.3 is 0 Å². The van der Waals surface area contributed by atoms with E-state index >= 15 is 0 Å². The minimum absolute atomic E-state index is 0.102. The zero-order chi connectivity index (χ0) is 14.8. The average Bonchev–Trinajstić information content (AvgIpc) is 2.83. The van der Waals surface area contributed by atoms with E-state index in [9.17, 15) is 0 Å². The Morgan fingerprint density at radius 3 is 2.65 bits per heavy atom. The molecule has 0 saturated carbocycles. The summed E-state index contributed by atoms with van der Waals surface area (Å²) in [5.74, 6) is 1.02. The molecule has 0 spiro atoms. The molecule has 0 aliphatic heterocycles. The highest BCUT2D eigenvalue weighted by Crippen LogP contribution is 2.23. The van der Waals surface area contributed by atoms with Crippen LogP contribution in [0.25, 0.3) is 5.69 Å². The van der Waals surface area contributed by atoms with E-state index in [4.69, 9.17) is 11.6 Å². The molecular formula is C16H22ClN3. The summed E-state index contributed by atoms with van der Waals surface area (Å²) in [6.07, 6.45) is 4.65. The van der Waals surface area contributed by atoms with Crippen LogP contribution >= 0.6 is 11.6 Å². The van der Waals surface area contributed by atoms with Crippen molar-refractivity contribution in [3.8, 4) is 5.69 Å². The standard InChI is InChI=1S/C16H22ClN3/c1-5-15-18-8-9-20(15)14-7-6-12(10-13(14)17)11-19-16(2,3)4/h6-10,19H,5,11H2,1-4H3. The van der Waals surface area contributed by atoms with Crippen LogP contribution < -0.4 is 5.32 Å². The van der Waals surface area contributed by atoms with Gasteiger partial charge in [0.05, 0.1) is 10.7 Å². The van der Waals surface area contributed by atoms with E-state index in [1.54, 1.807) is 0 Å². The van der Waals surface area contributed by atoms with Gasteiger partial charge < -0.3 is 9.88 Å². The van der Waals surface area contributed by atoms with Crippen molar-refractivity contribution in [2.24, 2.45) is 0 Å². The summed E-state index contributed by atoms with van der Waals surface area (Å²) in [6, 6.07) is 6.19. The Balaban J connectivity index is 2.22. The number of hydrogen-bond donors (Lipinski definition) is 1. The van der Waals surface area contributed by atoms with Gasteiger partial charge in [0.25, 0.3) is 0 Å². The molecule has 2 aromatic rings. The molecule has 1 N–H and O–H groups in total. The first-order valence-corrected chi connectivity index (χ1v) is 7.34. The molecule has 1 aromatic carbocycles. The molecule has 0 fully saturated rings. The molecule has 2 rings (SSSR count). The number of aryl methyl sites for hydroxylation is 1. The maximum absolute atomic E-state index is 6.42. The van der Waals surface area contributed by atoms with Crippen molar-refractivity contribution >= 4 is 11.6 Å². The molecule has 0 atom stereocenters. The maximum Gasteiger partial charge on any atom is 0.112 e. The molecule has 1 aromatic heterocycles. The van der Waals surface area contributed by atoms with E-state index in [0.29, 0.717) is 0 Å². The van der Waals surface area contributed by atoms with E-state index in [0.717, 1.165) is 29.5 Å². The van der Waals surface area contributed by atoms with E-state index in [1.807, 2.05) is 23.0 Å². The van der Waals surface area contributed by atoms with Crippen LogP contribution in [0, 0.1) is 0 Å². The molecule has 0 aliphatic rings. The summed E-state index contributed by atoms with van der Waals surface area (Å²) < 4.78 is 2.04. The normalized spacial score (nSPS) is 11.8. The average molecular weight is 292 g/mol. The number of rotatable bonds is 4. The first-order chi connectivity index (χ1) is 9.40. The Kier molecular flexibility index (Phi) is 4.51. The molecule has 0 unspecified atom stereocenters. The molecule has 0 radical (unpaired) electrons. The second-order valence-electron chi connectivity index (χ2n) is 5.96. The van der Waals surface area contributed by atoms with Gasteiger partial charge in [0.1, 0.15) is 5.82 Å². The zero-order valence-electron chi connectivity index (χ0n) is 12.6. The molecule has 0 amide bonds. The van der Waals surface area contributed by atoms with Crippen molar-refractivity contribution in [2.75, 3.05) is 0 Å². The third-order valence-electron chi connectivity index (χ3n) is 3.13. The van der Waals surface area contributed by atoms with E-state index in [2.05, 4.69) is 50.1 Å². The predicted octanol–water partition coefficient (Wildman–Crippen LogP) is 3.98. The fraction of sp³-hybridized carbons (Fsp3) is 0.438. The number of imidazole rings is 1. The van der Waals surface area contributed by atoms with Crippen molar-refractivity contribution in [3.05, 3.63) is 47.0 Å². The van der Waals surface area contributed by atoms with Crippen LogP contribution in [-0.2, 0) is 13.0 Å². The van der Waals surface area contributed by atoms with Crippen molar-refractivity contribution in [1.82, 2.24) is 14.9 Å². The molecule has 3 nitrogen and oxygen atoms in total. The van der Waals surface area contributed by atoms with Gasteiger partial charge in [-0.25, -0.2) is 4.98 Å². The predicted molar refractivity (Wildman–Crippen MR) is 84.5 cm³/mol. The van der Waals surface area contributed by atoms with Crippen molar-refractivity contribution in [1.29, 1.82) is 0 Å². The molecule has 108 valence electrons. The highest BCUT2D eigenvalue weighted by atomic mass is 35.5. The topological polar surface area (TPSA) is 29.9 Å². The largest absolute Gasteiger partial charge is 0.308 e. The van der Waals surface area contributed by atoms with Gasteiger partial charge in [0, 0.05) is 30.9 Å². The lowest BCUT2D eigenvalue weighted by Gasteiger charge is -2.21. The lowest BCUT2D eigenvalue weighted by atomic mass is 10.1. The third-order valence-corrected chi connectivity index (χ3v) is 3.43. The third kappa shape index (κ3) is 3.62. The molecule has 4 heteroatoms. The van der Waals surface area contributed by atoms with Crippen LogP contribution in [-0.4, -0.2) is 15.1 Å². The summed E-state index contributed by atoms with van der Waals surface area (Å²) in [7, 11) is 0. The first kappa shape index (κ1) is 15.1. The Hall–Kier alpha value is -1.32. The molecule has 0 aliphatic carbocycles. The summed E-state index contributed by atoms with van der Waals surface area (Å²) >= 11 is 6.42. The lowest BCUT2D eigenvalue weighted by Crippen LogP contribution is -2.35. The quantitative estimate of drug-likeness (QED) is 0.923. The highest BCUT2D eigenvalue weighted by molar-refractivity contribution is 6.32. The van der Waals surface area contributed by atoms with E-state index in [1.165, 1.54) is 5.56 Å². The van der Waals surface area contributed by atoms with Crippen molar-refractivity contribution < 1.29 is 0 Å². The SMILES string of the molecule is CCc1nccn1-c1ccc(CNC(C)(C)C)cc1Cl. The smallest absolute Gasteiger partial charge is 0.112 e. The number of nitrogens with one attached hydrogen (secondary N) is 1. The van der Waals surface area contributed by atoms with Gasteiger partial charge in [0.15, 0.2) is 0 Å². The number of halogens is 1. The van der Waals surface area contributed by atoms with Gasteiger partial charge in [0.2, 0.25) is 0 Å². The summed E-state index contributed by atoms with van der Waals surface area (Å²) in [6.45, 7) is 9.37. The first-order valence-electron chi connectivity index (χ1n) is 6.97. The van der Waals surface area contributed by atoms with Crippen molar-refractivity contribution in [2.45, 2.75) is 46.2 Å². The zero-order valence-corrected chi connectivity index (χ0v) is 13.3. The Morgan fingerprint density at radius 2 is 2.05 bits per heavy atom. The summed E-state index contributed by atoms with van der Waals surface area (Å²) in [5, 5.41) is 4.22. The fourth-order valence-corrected chi connectivity index (χ4v) is 2.33. The highest BCUT2D eigenvalue weighted by Gasteiger charge is 2.11. The van der Waals surface area contributed by atoms with Crippen LogP contribution in [0.5, 0.6) is 0 Å². The summed E-state index contributed by atoms with van der Waals surface area (Å²) in [4.78, 5) is 4.34. The maximum atomic E-state index is 6.42. The number of benzene rings is 1. The van der Waals surface area contributed by atoms with Crippen LogP contribution in [0.2, 0.25) is 5.02 Å². The van der Waals surface area contributed by atoms with Crippen LogP contribution in [0.4, 0.5) is 0 Å².